The van der Waals surface area contributed by atoms with Crippen molar-refractivity contribution in [2.24, 2.45) is 0 Å². The molecule has 0 aliphatic carbocycles. The molecule has 0 amide bonds. The Morgan fingerprint density at radius 3 is 2.18 bits per heavy atom. The van der Waals surface area contributed by atoms with Crippen LogP contribution in [0.1, 0.15) is 17.4 Å². The molecule has 0 nitrogen and oxygen atoms in total. The molecule has 0 aliphatic heterocycles. The number of thiophene rings is 1. The topological polar surface area (TPSA) is 0 Å². The van der Waals surface area contributed by atoms with Crippen LogP contribution in [0.3, 0.4) is 0 Å². The lowest BCUT2D eigenvalue weighted by Crippen LogP contribution is -1.72. The van der Waals surface area contributed by atoms with Gasteiger partial charge in [0.1, 0.15) is 0 Å². The molecule has 0 saturated carbocycles. The van der Waals surface area contributed by atoms with Crippen molar-refractivity contribution in [3.05, 3.63) is 41.6 Å². The molecule has 1 aromatic rings. The highest BCUT2D eigenvalue weighted by molar-refractivity contribution is 7.10. The second kappa shape index (κ2) is 4.91. The molecule has 0 saturated heterocycles. The quantitative estimate of drug-likeness (QED) is 0.555. The summed E-state index contributed by atoms with van der Waals surface area (Å²) in [6.07, 6.45) is 0. The van der Waals surface area contributed by atoms with E-state index < -0.39 is 0 Å². The number of allylic oxidation sites excluding steroid dienone is 1. The Bertz CT molecular complexity index is 233. The van der Waals surface area contributed by atoms with Crippen LogP contribution < -0.4 is 0 Å². The van der Waals surface area contributed by atoms with Crippen LogP contribution in [0.5, 0.6) is 0 Å². The highest BCUT2D eigenvalue weighted by Crippen LogP contribution is 2.21. The molecule has 60 valence electrons. The van der Waals surface area contributed by atoms with Crippen LogP contribution in [0.15, 0.2) is 31.2 Å². The van der Waals surface area contributed by atoms with Gasteiger partial charge >= 0.3 is 0 Å². The fraction of sp³-hybridized carbons (Fsp3) is 0.200. The van der Waals surface area contributed by atoms with Crippen LogP contribution in [-0.2, 0) is 0 Å². The predicted octanol–water partition coefficient (Wildman–Crippen LogP) is 3.89. The van der Waals surface area contributed by atoms with Gasteiger partial charge in [0.25, 0.3) is 0 Å². The smallest absolute Gasteiger partial charge is 0.00890 e. The standard InChI is InChI=1S/C8H10S.C2H4/c1-6(2)8-4-5-9-7(8)3;1-2/h4-5H,1H2,2-3H3;1-2H2. The maximum atomic E-state index is 3.87. The average molecular weight is 166 g/mol. The summed E-state index contributed by atoms with van der Waals surface area (Å²) in [5.41, 5.74) is 2.47. The second-order valence-corrected chi connectivity index (χ2v) is 3.29. The van der Waals surface area contributed by atoms with Crippen LogP contribution in [0, 0.1) is 6.92 Å². The van der Waals surface area contributed by atoms with Crippen LogP contribution in [0.2, 0.25) is 0 Å². The van der Waals surface area contributed by atoms with Crippen LogP contribution in [0.25, 0.3) is 5.57 Å². The molecule has 0 aliphatic rings. The molecule has 0 fully saturated rings. The zero-order chi connectivity index (χ0) is 8.85. The van der Waals surface area contributed by atoms with Gasteiger partial charge in [0.15, 0.2) is 0 Å². The van der Waals surface area contributed by atoms with Gasteiger partial charge in [-0.25, -0.2) is 0 Å². The third-order valence-electron chi connectivity index (χ3n) is 1.32. The fourth-order valence-electron chi connectivity index (χ4n) is 0.828. The largest absolute Gasteiger partial charge is 0.149 e. The highest BCUT2D eigenvalue weighted by atomic mass is 32.1. The molecule has 0 bridgehead atoms. The van der Waals surface area contributed by atoms with Gasteiger partial charge in [0, 0.05) is 4.88 Å². The first-order valence-electron chi connectivity index (χ1n) is 3.42. The molecule has 0 unspecified atom stereocenters. The van der Waals surface area contributed by atoms with Gasteiger partial charge < -0.3 is 0 Å². The van der Waals surface area contributed by atoms with E-state index in [-0.39, 0.29) is 0 Å². The van der Waals surface area contributed by atoms with Crippen molar-refractivity contribution in [2.45, 2.75) is 13.8 Å². The Morgan fingerprint density at radius 2 is 2.00 bits per heavy atom. The van der Waals surface area contributed by atoms with Gasteiger partial charge in [-0.3, -0.25) is 0 Å². The van der Waals surface area contributed by atoms with Crippen molar-refractivity contribution < 1.29 is 0 Å². The number of hydrogen-bond donors (Lipinski definition) is 0. The molecule has 1 aromatic heterocycles. The summed E-state index contributed by atoms with van der Waals surface area (Å²) in [4.78, 5) is 1.36. The Kier molecular flexibility index (Phi) is 4.55. The van der Waals surface area contributed by atoms with E-state index in [0.717, 1.165) is 5.57 Å². The normalized spacial score (nSPS) is 8.18. The van der Waals surface area contributed by atoms with E-state index in [4.69, 9.17) is 0 Å². The average Bonchev–Trinajstić information content (AvgIpc) is 2.39. The summed E-state index contributed by atoms with van der Waals surface area (Å²) in [6.45, 7) is 14.0. The first-order valence-corrected chi connectivity index (χ1v) is 4.30. The van der Waals surface area contributed by atoms with Crippen molar-refractivity contribution in [1.29, 1.82) is 0 Å². The van der Waals surface area contributed by atoms with Gasteiger partial charge in [-0.15, -0.1) is 24.5 Å². The maximum Gasteiger partial charge on any atom is 0.00890 e. The maximum absolute atomic E-state index is 3.87. The summed E-state index contributed by atoms with van der Waals surface area (Å²) >= 11 is 1.77. The lowest BCUT2D eigenvalue weighted by Gasteiger charge is -1.93. The summed E-state index contributed by atoms with van der Waals surface area (Å²) in [5.74, 6) is 0. The lowest BCUT2D eigenvalue weighted by atomic mass is 10.1. The van der Waals surface area contributed by atoms with E-state index in [2.05, 4.69) is 38.1 Å². The Balaban J connectivity index is 0.000000461. The molecule has 11 heavy (non-hydrogen) atoms. The van der Waals surface area contributed by atoms with Crippen molar-refractivity contribution in [3.63, 3.8) is 0 Å². The van der Waals surface area contributed by atoms with Gasteiger partial charge in [0.2, 0.25) is 0 Å². The monoisotopic (exact) mass is 166 g/mol. The molecule has 0 aromatic carbocycles. The van der Waals surface area contributed by atoms with Crippen LogP contribution in [-0.4, -0.2) is 0 Å². The van der Waals surface area contributed by atoms with Crippen molar-refractivity contribution in [1.82, 2.24) is 0 Å². The highest BCUT2D eigenvalue weighted by Gasteiger charge is 1.96. The van der Waals surface area contributed by atoms with E-state index in [1.54, 1.807) is 11.3 Å². The van der Waals surface area contributed by atoms with Gasteiger partial charge in [-0.1, -0.05) is 6.58 Å². The predicted molar refractivity (Wildman–Crippen MR) is 55.0 cm³/mol. The molecule has 0 radical (unpaired) electrons. The van der Waals surface area contributed by atoms with Crippen molar-refractivity contribution in [2.75, 3.05) is 0 Å². The Labute approximate surface area is 72.9 Å². The summed E-state index contributed by atoms with van der Waals surface area (Å²) in [5, 5.41) is 2.10. The minimum Gasteiger partial charge on any atom is -0.149 e. The molecule has 0 spiro atoms. The van der Waals surface area contributed by atoms with Crippen LogP contribution in [0.4, 0.5) is 0 Å². The molecular formula is C10H14S. The summed E-state index contributed by atoms with van der Waals surface area (Å²) in [6, 6.07) is 2.11. The SMILES string of the molecule is C=C.C=C(C)c1ccsc1C. The van der Waals surface area contributed by atoms with E-state index >= 15 is 0 Å². The third-order valence-corrected chi connectivity index (χ3v) is 2.16. The third kappa shape index (κ3) is 2.72. The number of rotatable bonds is 1. The summed E-state index contributed by atoms with van der Waals surface area (Å²) < 4.78 is 0. The molecular weight excluding hydrogens is 152 g/mol. The van der Waals surface area contributed by atoms with E-state index in [1.165, 1.54) is 10.4 Å². The molecule has 1 heterocycles. The minimum absolute atomic E-state index is 1.16. The molecule has 0 atom stereocenters. The lowest BCUT2D eigenvalue weighted by molar-refractivity contribution is 1.54. The van der Waals surface area contributed by atoms with Crippen molar-refractivity contribution >= 4 is 16.9 Å². The minimum atomic E-state index is 1.16. The number of hydrogen-bond acceptors (Lipinski definition) is 1. The van der Waals surface area contributed by atoms with E-state index in [1.807, 2.05) is 6.92 Å². The Morgan fingerprint density at radius 1 is 1.45 bits per heavy atom. The first kappa shape index (κ1) is 10.2. The Hall–Kier alpha value is -0.820. The van der Waals surface area contributed by atoms with Crippen LogP contribution >= 0.6 is 11.3 Å². The molecule has 0 N–H and O–H groups in total. The summed E-state index contributed by atoms with van der Waals surface area (Å²) in [7, 11) is 0. The van der Waals surface area contributed by atoms with Gasteiger partial charge in [0.05, 0.1) is 0 Å². The van der Waals surface area contributed by atoms with Crippen molar-refractivity contribution in [3.8, 4) is 0 Å². The van der Waals surface area contributed by atoms with E-state index in [0.29, 0.717) is 0 Å². The fourth-order valence-corrected chi connectivity index (χ4v) is 1.61. The van der Waals surface area contributed by atoms with E-state index in [9.17, 15) is 0 Å². The van der Waals surface area contributed by atoms with Gasteiger partial charge in [-0.05, 0) is 36.4 Å². The zero-order valence-electron chi connectivity index (χ0n) is 7.18. The second-order valence-electron chi connectivity index (χ2n) is 2.17. The molecule has 1 rings (SSSR count). The van der Waals surface area contributed by atoms with Gasteiger partial charge in [-0.2, -0.15) is 0 Å². The number of aryl methyl sites for hydroxylation is 1. The molecule has 1 heteroatoms. The first-order chi connectivity index (χ1) is 5.22. The zero-order valence-corrected chi connectivity index (χ0v) is 8.00.